The van der Waals surface area contributed by atoms with E-state index in [1.807, 2.05) is 30.5 Å². The van der Waals surface area contributed by atoms with Crippen LogP contribution in [0.5, 0.6) is 0 Å². The van der Waals surface area contributed by atoms with Crippen molar-refractivity contribution < 1.29 is 0 Å². The minimum absolute atomic E-state index is 0.619. The quantitative estimate of drug-likeness (QED) is 0.612. The molecule has 0 aliphatic carbocycles. The maximum Gasteiger partial charge on any atom is 0.218 e. The predicted molar refractivity (Wildman–Crippen MR) is 58.2 cm³/mol. The zero-order chi connectivity index (χ0) is 9.54. The SMILES string of the molecule is Brc1nc2c3ccccc3ccn2n1. The Hall–Kier alpha value is -1.42. The summed E-state index contributed by atoms with van der Waals surface area (Å²) in [6, 6.07) is 10.2. The molecule has 0 N–H and O–H groups in total. The molecule has 2 aromatic heterocycles. The van der Waals surface area contributed by atoms with Gasteiger partial charge < -0.3 is 0 Å². The van der Waals surface area contributed by atoms with E-state index in [9.17, 15) is 0 Å². The van der Waals surface area contributed by atoms with Gasteiger partial charge in [0.25, 0.3) is 0 Å². The molecule has 14 heavy (non-hydrogen) atoms. The van der Waals surface area contributed by atoms with E-state index in [4.69, 9.17) is 0 Å². The standard InChI is InChI=1S/C10H6BrN3/c11-10-12-9-8-4-2-1-3-7(8)5-6-14(9)13-10/h1-6H. The molecule has 0 saturated heterocycles. The van der Waals surface area contributed by atoms with E-state index in [0.717, 1.165) is 11.0 Å². The molecule has 4 heteroatoms. The van der Waals surface area contributed by atoms with Gasteiger partial charge in [-0.1, -0.05) is 24.3 Å². The van der Waals surface area contributed by atoms with E-state index in [1.165, 1.54) is 5.39 Å². The third-order valence-corrected chi connectivity index (χ3v) is 2.54. The molecule has 3 aromatic rings. The average molecular weight is 248 g/mol. The van der Waals surface area contributed by atoms with Gasteiger partial charge in [-0.05, 0) is 27.4 Å². The molecular formula is C10H6BrN3. The summed E-state index contributed by atoms with van der Waals surface area (Å²) in [6.45, 7) is 0. The summed E-state index contributed by atoms with van der Waals surface area (Å²) in [5.74, 6) is 0. The van der Waals surface area contributed by atoms with Crippen molar-refractivity contribution >= 4 is 32.3 Å². The van der Waals surface area contributed by atoms with Crippen molar-refractivity contribution in [2.45, 2.75) is 0 Å². The predicted octanol–water partition coefficient (Wildman–Crippen LogP) is 2.65. The molecule has 0 fully saturated rings. The second-order valence-electron chi connectivity index (χ2n) is 3.05. The fraction of sp³-hybridized carbons (Fsp3) is 0. The fourth-order valence-electron chi connectivity index (χ4n) is 1.58. The summed E-state index contributed by atoms with van der Waals surface area (Å²) in [5, 5.41) is 6.48. The first-order valence-corrected chi connectivity index (χ1v) is 5.03. The van der Waals surface area contributed by atoms with Crippen molar-refractivity contribution in [3.63, 3.8) is 0 Å². The lowest BCUT2D eigenvalue weighted by molar-refractivity contribution is 0.950. The topological polar surface area (TPSA) is 30.2 Å². The lowest BCUT2D eigenvalue weighted by atomic mass is 10.2. The van der Waals surface area contributed by atoms with Gasteiger partial charge >= 0.3 is 0 Å². The fourth-order valence-corrected chi connectivity index (χ4v) is 1.92. The molecule has 0 radical (unpaired) electrons. The lowest BCUT2D eigenvalue weighted by Gasteiger charge is -1.97. The molecule has 2 heterocycles. The molecule has 0 aliphatic heterocycles. The highest BCUT2D eigenvalue weighted by Crippen LogP contribution is 2.19. The molecule has 3 rings (SSSR count). The minimum atomic E-state index is 0.619. The lowest BCUT2D eigenvalue weighted by Crippen LogP contribution is -1.86. The van der Waals surface area contributed by atoms with Crippen molar-refractivity contribution in [3.8, 4) is 0 Å². The third kappa shape index (κ3) is 1.04. The highest BCUT2D eigenvalue weighted by Gasteiger charge is 2.03. The second kappa shape index (κ2) is 2.78. The van der Waals surface area contributed by atoms with Crippen LogP contribution in [0.3, 0.4) is 0 Å². The highest BCUT2D eigenvalue weighted by atomic mass is 79.9. The molecular weight excluding hydrogens is 242 g/mol. The highest BCUT2D eigenvalue weighted by molar-refractivity contribution is 9.10. The zero-order valence-electron chi connectivity index (χ0n) is 7.18. The van der Waals surface area contributed by atoms with Gasteiger partial charge in [0, 0.05) is 11.6 Å². The number of aromatic nitrogens is 3. The van der Waals surface area contributed by atoms with Gasteiger partial charge in [-0.3, -0.25) is 0 Å². The Labute approximate surface area is 88.5 Å². The first kappa shape index (κ1) is 7.94. The van der Waals surface area contributed by atoms with Gasteiger partial charge in [0.2, 0.25) is 4.73 Å². The summed E-state index contributed by atoms with van der Waals surface area (Å²) >= 11 is 3.27. The maximum atomic E-state index is 4.31. The Balaban J connectivity index is 2.60. The van der Waals surface area contributed by atoms with E-state index in [0.29, 0.717) is 4.73 Å². The molecule has 0 spiro atoms. The van der Waals surface area contributed by atoms with Crippen LogP contribution in [0.15, 0.2) is 41.3 Å². The van der Waals surface area contributed by atoms with Gasteiger partial charge in [0.1, 0.15) is 0 Å². The summed E-state index contributed by atoms with van der Waals surface area (Å²) in [6.07, 6.45) is 1.91. The number of nitrogens with zero attached hydrogens (tertiary/aromatic N) is 3. The smallest absolute Gasteiger partial charge is 0.218 e. The Morgan fingerprint density at radius 2 is 2.00 bits per heavy atom. The average Bonchev–Trinajstić information content (AvgIpc) is 2.59. The second-order valence-corrected chi connectivity index (χ2v) is 3.76. The number of hydrogen-bond donors (Lipinski definition) is 0. The van der Waals surface area contributed by atoms with Crippen molar-refractivity contribution in [2.24, 2.45) is 0 Å². The van der Waals surface area contributed by atoms with Crippen LogP contribution < -0.4 is 0 Å². The normalized spacial score (nSPS) is 11.2. The van der Waals surface area contributed by atoms with Crippen LogP contribution in [0.1, 0.15) is 0 Å². The van der Waals surface area contributed by atoms with Crippen LogP contribution in [0.25, 0.3) is 16.4 Å². The van der Waals surface area contributed by atoms with Crippen LogP contribution >= 0.6 is 15.9 Å². The van der Waals surface area contributed by atoms with Gasteiger partial charge in [-0.15, -0.1) is 5.10 Å². The summed E-state index contributed by atoms with van der Waals surface area (Å²) in [4.78, 5) is 4.31. The molecule has 0 atom stereocenters. The summed E-state index contributed by atoms with van der Waals surface area (Å²) in [5.41, 5.74) is 0.884. The number of benzene rings is 1. The Kier molecular flexibility index (Phi) is 1.58. The molecule has 0 amide bonds. The summed E-state index contributed by atoms with van der Waals surface area (Å²) < 4.78 is 2.39. The molecule has 0 aliphatic rings. The van der Waals surface area contributed by atoms with Crippen molar-refractivity contribution in [3.05, 3.63) is 41.3 Å². The monoisotopic (exact) mass is 247 g/mol. The Morgan fingerprint density at radius 3 is 2.93 bits per heavy atom. The van der Waals surface area contributed by atoms with Gasteiger partial charge in [-0.25, -0.2) is 9.50 Å². The first-order valence-electron chi connectivity index (χ1n) is 4.24. The Morgan fingerprint density at radius 1 is 1.14 bits per heavy atom. The van der Waals surface area contributed by atoms with Crippen LogP contribution in [0, 0.1) is 0 Å². The third-order valence-electron chi connectivity index (χ3n) is 2.20. The molecule has 1 aromatic carbocycles. The van der Waals surface area contributed by atoms with Crippen LogP contribution in [-0.2, 0) is 0 Å². The van der Waals surface area contributed by atoms with Crippen molar-refractivity contribution in [1.82, 2.24) is 14.6 Å². The summed E-state index contributed by atoms with van der Waals surface area (Å²) in [7, 11) is 0. The molecule has 0 saturated carbocycles. The van der Waals surface area contributed by atoms with Crippen molar-refractivity contribution in [1.29, 1.82) is 0 Å². The van der Waals surface area contributed by atoms with Gasteiger partial charge in [0.15, 0.2) is 5.65 Å². The number of rotatable bonds is 0. The maximum absolute atomic E-state index is 4.31. The van der Waals surface area contributed by atoms with Crippen LogP contribution in [-0.4, -0.2) is 14.6 Å². The van der Waals surface area contributed by atoms with Gasteiger partial charge in [0.05, 0.1) is 0 Å². The number of hydrogen-bond acceptors (Lipinski definition) is 2. The Bertz CT molecular complexity index is 615. The number of fused-ring (bicyclic) bond motifs is 3. The first-order chi connectivity index (χ1) is 6.84. The minimum Gasteiger partial charge on any atom is -0.219 e. The van der Waals surface area contributed by atoms with E-state index in [-0.39, 0.29) is 0 Å². The zero-order valence-corrected chi connectivity index (χ0v) is 8.77. The van der Waals surface area contributed by atoms with Crippen LogP contribution in [0.4, 0.5) is 0 Å². The molecule has 0 unspecified atom stereocenters. The van der Waals surface area contributed by atoms with Gasteiger partial charge in [-0.2, -0.15) is 0 Å². The largest absolute Gasteiger partial charge is 0.219 e. The van der Waals surface area contributed by atoms with E-state index in [1.54, 1.807) is 4.52 Å². The molecule has 68 valence electrons. The van der Waals surface area contributed by atoms with E-state index >= 15 is 0 Å². The molecule has 3 nitrogen and oxygen atoms in total. The van der Waals surface area contributed by atoms with Crippen molar-refractivity contribution in [2.75, 3.05) is 0 Å². The molecule has 0 bridgehead atoms. The van der Waals surface area contributed by atoms with E-state index < -0.39 is 0 Å². The number of halogens is 1. The van der Waals surface area contributed by atoms with Crippen LogP contribution in [0.2, 0.25) is 0 Å². The number of pyridine rings is 1. The van der Waals surface area contributed by atoms with E-state index in [2.05, 4.69) is 32.1 Å².